The predicted octanol–water partition coefficient (Wildman–Crippen LogP) is 3.07. The van der Waals surface area contributed by atoms with Crippen LogP contribution >= 0.6 is 0 Å². The molecule has 1 aliphatic heterocycles. The van der Waals surface area contributed by atoms with Crippen molar-refractivity contribution in [3.8, 4) is 0 Å². The van der Waals surface area contributed by atoms with E-state index in [0.29, 0.717) is 12.0 Å². The maximum absolute atomic E-state index is 3.63. The fraction of sp³-hybridized carbons (Fsp3) is 0.647. The van der Waals surface area contributed by atoms with Crippen LogP contribution in [0.15, 0.2) is 24.3 Å². The van der Waals surface area contributed by atoms with E-state index in [0.717, 1.165) is 13.1 Å². The second-order valence-corrected chi connectivity index (χ2v) is 6.02. The smallest absolute Gasteiger partial charge is 0.0237 e. The Hall–Kier alpha value is -0.860. The average Bonchev–Trinajstić information content (AvgIpc) is 2.59. The lowest BCUT2D eigenvalue weighted by Crippen LogP contribution is -2.44. The predicted molar refractivity (Wildman–Crippen MR) is 82.3 cm³/mol. The van der Waals surface area contributed by atoms with Gasteiger partial charge in [-0.3, -0.25) is 4.90 Å². The van der Waals surface area contributed by atoms with Crippen LogP contribution in [0.1, 0.15) is 38.3 Å². The standard InChI is InChI=1S/C17H28N2/c1-4-18-17(14(2)3)13-19-11-7-10-15-8-5-6-9-16(15)12-19/h5-6,8-9,14,17-18H,4,7,10-13H2,1-3H3. The minimum Gasteiger partial charge on any atom is -0.313 e. The van der Waals surface area contributed by atoms with Gasteiger partial charge in [0.1, 0.15) is 0 Å². The van der Waals surface area contributed by atoms with Gasteiger partial charge in [-0.2, -0.15) is 0 Å². The molecule has 0 radical (unpaired) electrons. The van der Waals surface area contributed by atoms with Gasteiger partial charge in [0, 0.05) is 19.1 Å². The lowest BCUT2D eigenvalue weighted by molar-refractivity contribution is 0.214. The van der Waals surface area contributed by atoms with E-state index in [2.05, 4.69) is 55.3 Å². The molecule has 2 rings (SSSR count). The van der Waals surface area contributed by atoms with Gasteiger partial charge >= 0.3 is 0 Å². The molecule has 0 aromatic heterocycles. The zero-order valence-electron chi connectivity index (χ0n) is 12.7. The molecular weight excluding hydrogens is 232 g/mol. The van der Waals surface area contributed by atoms with Gasteiger partial charge in [0.15, 0.2) is 0 Å². The fourth-order valence-corrected chi connectivity index (χ4v) is 2.98. The Labute approximate surface area is 118 Å². The number of benzene rings is 1. The highest BCUT2D eigenvalue weighted by molar-refractivity contribution is 5.28. The van der Waals surface area contributed by atoms with E-state index in [4.69, 9.17) is 0 Å². The molecule has 1 N–H and O–H groups in total. The largest absolute Gasteiger partial charge is 0.313 e. The van der Waals surface area contributed by atoms with Crippen molar-refractivity contribution in [2.75, 3.05) is 19.6 Å². The molecule has 1 aliphatic rings. The molecule has 0 bridgehead atoms. The number of hydrogen-bond acceptors (Lipinski definition) is 2. The van der Waals surface area contributed by atoms with Crippen molar-refractivity contribution in [3.63, 3.8) is 0 Å². The van der Waals surface area contributed by atoms with Crippen molar-refractivity contribution in [1.29, 1.82) is 0 Å². The lowest BCUT2D eigenvalue weighted by Gasteiger charge is -2.29. The Morgan fingerprint density at radius 2 is 1.95 bits per heavy atom. The Bertz CT molecular complexity index is 387. The number of nitrogens with one attached hydrogen (secondary N) is 1. The molecule has 0 amide bonds. The summed E-state index contributed by atoms with van der Waals surface area (Å²) < 4.78 is 0. The van der Waals surface area contributed by atoms with Gasteiger partial charge in [-0.05, 0) is 43.0 Å². The van der Waals surface area contributed by atoms with Crippen molar-refractivity contribution in [1.82, 2.24) is 10.2 Å². The fourth-order valence-electron chi connectivity index (χ4n) is 2.98. The normalized spacial score (nSPS) is 18.1. The van der Waals surface area contributed by atoms with Crippen LogP contribution < -0.4 is 5.32 Å². The summed E-state index contributed by atoms with van der Waals surface area (Å²) in [5.41, 5.74) is 3.08. The summed E-state index contributed by atoms with van der Waals surface area (Å²) in [5.74, 6) is 0.693. The van der Waals surface area contributed by atoms with Crippen LogP contribution in [0, 0.1) is 5.92 Å². The van der Waals surface area contributed by atoms with Crippen molar-refractivity contribution in [2.24, 2.45) is 5.92 Å². The first kappa shape index (κ1) is 14.5. The number of fused-ring (bicyclic) bond motifs is 1. The number of aryl methyl sites for hydroxylation is 1. The topological polar surface area (TPSA) is 15.3 Å². The summed E-state index contributed by atoms with van der Waals surface area (Å²) in [5, 5.41) is 3.63. The summed E-state index contributed by atoms with van der Waals surface area (Å²) in [7, 11) is 0. The van der Waals surface area contributed by atoms with Gasteiger partial charge in [-0.15, -0.1) is 0 Å². The van der Waals surface area contributed by atoms with Crippen molar-refractivity contribution >= 4 is 0 Å². The minimum atomic E-state index is 0.607. The number of hydrogen-bond donors (Lipinski definition) is 1. The second kappa shape index (κ2) is 7.06. The molecular formula is C17H28N2. The van der Waals surface area contributed by atoms with Crippen LogP contribution in [0.3, 0.4) is 0 Å². The third-order valence-corrected chi connectivity index (χ3v) is 4.16. The molecule has 1 atom stereocenters. The van der Waals surface area contributed by atoms with E-state index >= 15 is 0 Å². The highest BCUT2D eigenvalue weighted by Gasteiger charge is 2.19. The minimum absolute atomic E-state index is 0.607. The molecule has 0 aliphatic carbocycles. The zero-order chi connectivity index (χ0) is 13.7. The molecule has 0 spiro atoms. The van der Waals surface area contributed by atoms with E-state index in [9.17, 15) is 0 Å². The Kier molecular flexibility index (Phi) is 5.41. The first-order valence-electron chi connectivity index (χ1n) is 7.73. The van der Waals surface area contributed by atoms with Crippen molar-refractivity contribution < 1.29 is 0 Å². The zero-order valence-corrected chi connectivity index (χ0v) is 12.7. The Balaban J connectivity index is 2.01. The highest BCUT2D eigenvalue weighted by atomic mass is 15.1. The van der Waals surface area contributed by atoms with E-state index in [1.807, 2.05) is 0 Å². The molecule has 2 nitrogen and oxygen atoms in total. The molecule has 0 fully saturated rings. The molecule has 19 heavy (non-hydrogen) atoms. The second-order valence-electron chi connectivity index (χ2n) is 6.02. The molecule has 1 aromatic carbocycles. The van der Waals surface area contributed by atoms with Crippen LogP contribution in [-0.4, -0.2) is 30.6 Å². The number of nitrogens with zero attached hydrogens (tertiary/aromatic N) is 1. The molecule has 1 unspecified atom stereocenters. The summed E-state index contributed by atoms with van der Waals surface area (Å²) in [6, 6.07) is 9.54. The monoisotopic (exact) mass is 260 g/mol. The first-order chi connectivity index (χ1) is 9.20. The molecule has 0 saturated carbocycles. The van der Waals surface area contributed by atoms with Crippen LogP contribution in [0.5, 0.6) is 0 Å². The SMILES string of the molecule is CCNC(CN1CCCc2ccccc2C1)C(C)C. The van der Waals surface area contributed by atoms with Gasteiger partial charge in [0.25, 0.3) is 0 Å². The first-order valence-corrected chi connectivity index (χ1v) is 7.73. The third-order valence-electron chi connectivity index (χ3n) is 4.16. The summed E-state index contributed by atoms with van der Waals surface area (Å²) in [4.78, 5) is 2.62. The van der Waals surface area contributed by atoms with E-state index in [1.165, 1.54) is 31.5 Å². The van der Waals surface area contributed by atoms with Crippen LogP contribution in [0.4, 0.5) is 0 Å². The van der Waals surface area contributed by atoms with E-state index < -0.39 is 0 Å². The van der Waals surface area contributed by atoms with Crippen molar-refractivity contribution in [2.45, 2.75) is 46.2 Å². The summed E-state index contributed by atoms with van der Waals surface area (Å²) in [6.45, 7) is 11.4. The maximum atomic E-state index is 3.63. The molecule has 106 valence electrons. The maximum Gasteiger partial charge on any atom is 0.0237 e. The highest BCUT2D eigenvalue weighted by Crippen LogP contribution is 2.19. The van der Waals surface area contributed by atoms with Gasteiger partial charge in [0.05, 0.1) is 0 Å². The molecule has 1 heterocycles. The summed E-state index contributed by atoms with van der Waals surface area (Å²) in [6.07, 6.45) is 2.52. The Morgan fingerprint density at radius 3 is 2.63 bits per heavy atom. The molecule has 1 aromatic rings. The average molecular weight is 260 g/mol. The van der Waals surface area contributed by atoms with Crippen LogP contribution in [0.2, 0.25) is 0 Å². The lowest BCUT2D eigenvalue weighted by atomic mass is 10.0. The van der Waals surface area contributed by atoms with E-state index in [1.54, 1.807) is 5.56 Å². The van der Waals surface area contributed by atoms with Gasteiger partial charge < -0.3 is 5.32 Å². The number of rotatable bonds is 5. The van der Waals surface area contributed by atoms with Gasteiger partial charge in [-0.25, -0.2) is 0 Å². The van der Waals surface area contributed by atoms with Crippen LogP contribution in [0.25, 0.3) is 0 Å². The van der Waals surface area contributed by atoms with Gasteiger partial charge in [-0.1, -0.05) is 45.0 Å². The summed E-state index contributed by atoms with van der Waals surface area (Å²) >= 11 is 0. The van der Waals surface area contributed by atoms with Crippen LogP contribution in [-0.2, 0) is 13.0 Å². The quantitative estimate of drug-likeness (QED) is 0.875. The molecule has 0 saturated heterocycles. The van der Waals surface area contributed by atoms with Gasteiger partial charge in [0.2, 0.25) is 0 Å². The third kappa shape index (κ3) is 4.05. The molecule has 2 heteroatoms. The number of likely N-dealkylation sites (N-methyl/N-ethyl adjacent to an activating group) is 1. The van der Waals surface area contributed by atoms with Crippen molar-refractivity contribution in [3.05, 3.63) is 35.4 Å². The van der Waals surface area contributed by atoms with E-state index in [-0.39, 0.29) is 0 Å². The Morgan fingerprint density at radius 1 is 1.21 bits per heavy atom.